The number of aromatic nitrogens is 3. The van der Waals surface area contributed by atoms with E-state index >= 15 is 0 Å². The molecule has 120 valence electrons. The molecule has 1 N–H and O–H groups in total. The number of hydrogen-bond acceptors (Lipinski definition) is 5. The lowest BCUT2D eigenvalue weighted by Crippen LogP contribution is -2.46. The first-order valence-electron chi connectivity index (χ1n) is 7.86. The van der Waals surface area contributed by atoms with Crippen LogP contribution in [0.2, 0.25) is 0 Å². The summed E-state index contributed by atoms with van der Waals surface area (Å²) in [7, 11) is 1.67. The standard InChI is InChI=1S/C17H20N4O2/c1-10-7-21(8-11(2)23-10)17-16-15(18-9-19-17)13-6-12(22-3)4-5-14(13)20-16/h4-6,9-11,20H,7-8H2,1-3H3/t10-,11+. The van der Waals surface area contributed by atoms with E-state index in [1.165, 1.54) is 0 Å². The minimum absolute atomic E-state index is 0.188. The number of fused-ring (bicyclic) bond motifs is 3. The van der Waals surface area contributed by atoms with Crippen LogP contribution < -0.4 is 9.64 Å². The number of rotatable bonds is 2. The average Bonchev–Trinajstić information content (AvgIpc) is 2.91. The van der Waals surface area contributed by atoms with Gasteiger partial charge in [0.25, 0.3) is 0 Å². The molecule has 0 saturated carbocycles. The highest BCUT2D eigenvalue weighted by molar-refractivity contribution is 6.08. The molecule has 0 aliphatic carbocycles. The van der Waals surface area contributed by atoms with E-state index in [0.29, 0.717) is 0 Å². The first-order valence-corrected chi connectivity index (χ1v) is 7.86. The van der Waals surface area contributed by atoms with Crippen molar-refractivity contribution in [1.29, 1.82) is 0 Å². The van der Waals surface area contributed by atoms with Crippen molar-refractivity contribution in [2.45, 2.75) is 26.1 Å². The third-order valence-electron chi connectivity index (χ3n) is 4.29. The fourth-order valence-corrected chi connectivity index (χ4v) is 3.38. The summed E-state index contributed by atoms with van der Waals surface area (Å²) in [6.07, 6.45) is 2.01. The van der Waals surface area contributed by atoms with Crippen LogP contribution in [0.1, 0.15) is 13.8 Å². The Labute approximate surface area is 134 Å². The van der Waals surface area contributed by atoms with Crippen LogP contribution in [0.15, 0.2) is 24.5 Å². The lowest BCUT2D eigenvalue weighted by atomic mass is 10.2. The Morgan fingerprint density at radius 3 is 2.74 bits per heavy atom. The molecule has 0 bridgehead atoms. The third-order valence-corrected chi connectivity index (χ3v) is 4.29. The van der Waals surface area contributed by atoms with Crippen molar-refractivity contribution in [2.75, 3.05) is 25.1 Å². The normalized spacial score (nSPS) is 22.0. The number of benzene rings is 1. The topological polar surface area (TPSA) is 63.3 Å². The maximum Gasteiger partial charge on any atom is 0.156 e. The molecule has 0 radical (unpaired) electrons. The van der Waals surface area contributed by atoms with Crippen molar-refractivity contribution in [2.24, 2.45) is 0 Å². The first kappa shape index (κ1) is 14.3. The van der Waals surface area contributed by atoms with Gasteiger partial charge in [-0.05, 0) is 32.0 Å². The third kappa shape index (κ3) is 2.39. The lowest BCUT2D eigenvalue weighted by Gasteiger charge is -2.36. The number of nitrogens with zero attached hydrogens (tertiary/aromatic N) is 3. The van der Waals surface area contributed by atoms with Crippen LogP contribution in [-0.2, 0) is 4.74 Å². The molecule has 1 saturated heterocycles. The van der Waals surface area contributed by atoms with Gasteiger partial charge in [0.05, 0.1) is 19.3 Å². The van der Waals surface area contributed by atoms with E-state index in [2.05, 4.69) is 33.7 Å². The van der Waals surface area contributed by atoms with Gasteiger partial charge in [0.15, 0.2) is 5.82 Å². The Kier molecular flexibility index (Phi) is 3.34. The predicted molar refractivity (Wildman–Crippen MR) is 90.2 cm³/mol. The molecular formula is C17H20N4O2. The van der Waals surface area contributed by atoms with E-state index in [1.807, 2.05) is 18.2 Å². The number of ether oxygens (including phenoxy) is 2. The van der Waals surface area contributed by atoms with Crippen LogP contribution in [0.5, 0.6) is 5.75 Å². The van der Waals surface area contributed by atoms with Crippen LogP contribution in [0, 0.1) is 0 Å². The van der Waals surface area contributed by atoms with Crippen LogP contribution >= 0.6 is 0 Å². The van der Waals surface area contributed by atoms with E-state index in [9.17, 15) is 0 Å². The van der Waals surface area contributed by atoms with Crippen molar-refractivity contribution >= 4 is 27.8 Å². The SMILES string of the molecule is COc1ccc2[nH]c3c(N4C[C@@H](C)O[C@@H](C)C4)ncnc3c2c1. The molecular weight excluding hydrogens is 292 g/mol. The predicted octanol–water partition coefficient (Wildman–Crippen LogP) is 2.73. The molecule has 1 fully saturated rings. The number of hydrogen-bond donors (Lipinski definition) is 1. The summed E-state index contributed by atoms with van der Waals surface area (Å²) in [6.45, 7) is 5.85. The lowest BCUT2D eigenvalue weighted by molar-refractivity contribution is -0.00537. The second-order valence-electron chi connectivity index (χ2n) is 6.12. The summed E-state index contributed by atoms with van der Waals surface area (Å²) < 4.78 is 11.2. The van der Waals surface area contributed by atoms with E-state index in [-0.39, 0.29) is 12.2 Å². The van der Waals surface area contributed by atoms with Gasteiger partial charge in [-0.3, -0.25) is 0 Å². The molecule has 2 aromatic heterocycles. The Bertz CT molecular complexity index is 850. The summed E-state index contributed by atoms with van der Waals surface area (Å²) in [5.74, 6) is 1.76. The number of methoxy groups -OCH3 is 1. The molecule has 1 aliphatic rings. The van der Waals surface area contributed by atoms with Crippen molar-refractivity contribution in [3.05, 3.63) is 24.5 Å². The van der Waals surface area contributed by atoms with E-state index in [1.54, 1.807) is 13.4 Å². The van der Waals surface area contributed by atoms with Gasteiger partial charge in [-0.1, -0.05) is 0 Å². The molecule has 0 amide bonds. The van der Waals surface area contributed by atoms with Gasteiger partial charge in [0, 0.05) is 24.0 Å². The van der Waals surface area contributed by atoms with Gasteiger partial charge < -0.3 is 19.4 Å². The van der Waals surface area contributed by atoms with E-state index in [4.69, 9.17) is 9.47 Å². The zero-order valence-corrected chi connectivity index (χ0v) is 13.5. The molecule has 0 unspecified atom stereocenters. The van der Waals surface area contributed by atoms with E-state index < -0.39 is 0 Å². The number of anilines is 1. The Morgan fingerprint density at radius 2 is 2.00 bits per heavy atom. The maximum absolute atomic E-state index is 5.83. The Hall–Kier alpha value is -2.34. The maximum atomic E-state index is 5.83. The second-order valence-corrected chi connectivity index (χ2v) is 6.12. The smallest absolute Gasteiger partial charge is 0.156 e. The molecule has 0 spiro atoms. The molecule has 6 nitrogen and oxygen atoms in total. The van der Waals surface area contributed by atoms with Crippen LogP contribution in [0.4, 0.5) is 5.82 Å². The van der Waals surface area contributed by atoms with Gasteiger partial charge in [-0.25, -0.2) is 9.97 Å². The number of morpholine rings is 1. The number of nitrogens with one attached hydrogen (secondary N) is 1. The molecule has 3 aromatic rings. The molecule has 6 heteroatoms. The van der Waals surface area contributed by atoms with Crippen LogP contribution in [0.3, 0.4) is 0 Å². The fraction of sp³-hybridized carbons (Fsp3) is 0.412. The molecule has 4 rings (SSSR count). The largest absolute Gasteiger partial charge is 0.497 e. The van der Waals surface area contributed by atoms with Crippen LogP contribution in [-0.4, -0.2) is 47.4 Å². The van der Waals surface area contributed by atoms with E-state index in [0.717, 1.165) is 46.6 Å². The van der Waals surface area contributed by atoms with Crippen LogP contribution in [0.25, 0.3) is 21.9 Å². The fourth-order valence-electron chi connectivity index (χ4n) is 3.38. The quantitative estimate of drug-likeness (QED) is 0.788. The van der Waals surface area contributed by atoms with Gasteiger partial charge in [0.1, 0.15) is 23.1 Å². The van der Waals surface area contributed by atoms with Crippen molar-refractivity contribution in [3.8, 4) is 5.75 Å². The monoisotopic (exact) mass is 312 g/mol. The zero-order chi connectivity index (χ0) is 16.0. The Balaban J connectivity index is 1.87. The summed E-state index contributed by atoms with van der Waals surface area (Å²) >= 11 is 0. The first-order chi connectivity index (χ1) is 11.2. The van der Waals surface area contributed by atoms with Crippen molar-refractivity contribution in [3.63, 3.8) is 0 Å². The highest BCUT2D eigenvalue weighted by atomic mass is 16.5. The van der Waals surface area contributed by atoms with Crippen molar-refractivity contribution in [1.82, 2.24) is 15.0 Å². The number of aromatic amines is 1. The molecule has 23 heavy (non-hydrogen) atoms. The second kappa shape index (κ2) is 5.38. The van der Waals surface area contributed by atoms with Gasteiger partial charge in [0.2, 0.25) is 0 Å². The van der Waals surface area contributed by atoms with Gasteiger partial charge in [-0.15, -0.1) is 0 Å². The minimum Gasteiger partial charge on any atom is -0.497 e. The molecule has 1 aromatic carbocycles. The molecule has 1 aliphatic heterocycles. The van der Waals surface area contributed by atoms with Crippen molar-refractivity contribution < 1.29 is 9.47 Å². The summed E-state index contributed by atoms with van der Waals surface area (Å²) in [6, 6.07) is 5.98. The minimum atomic E-state index is 0.188. The summed E-state index contributed by atoms with van der Waals surface area (Å²) in [5, 5.41) is 1.05. The summed E-state index contributed by atoms with van der Waals surface area (Å²) in [5.41, 5.74) is 2.93. The van der Waals surface area contributed by atoms with Gasteiger partial charge >= 0.3 is 0 Å². The summed E-state index contributed by atoms with van der Waals surface area (Å²) in [4.78, 5) is 14.8. The highest BCUT2D eigenvalue weighted by Gasteiger charge is 2.25. The molecule has 2 atom stereocenters. The molecule has 3 heterocycles. The van der Waals surface area contributed by atoms with Gasteiger partial charge in [-0.2, -0.15) is 0 Å². The zero-order valence-electron chi connectivity index (χ0n) is 13.5. The Morgan fingerprint density at radius 1 is 1.22 bits per heavy atom. The average molecular weight is 312 g/mol. The number of H-pyrrole nitrogens is 1. The highest BCUT2D eigenvalue weighted by Crippen LogP contribution is 2.32.